The number of aryl methyl sites for hydroxylation is 1. The van der Waals surface area contributed by atoms with E-state index in [9.17, 15) is 19.1 Å². The van der Waals surface area contributed by atoms with Crippen molar-refractivity contribution in [2.75, 3.05) is 12.0 Å². The van der Waals surface area contributed by atoms with Crippen LogP contribution in [0.1, 0.15) is 28.3 Å². The van der Waals surface area contributed by atoms with Crippen LogP contribution >= 0.6 is 23.1 Å². The Balaban J connectivity index is 1.53. The number of Topliss-reactive ketones (excluding diaryl/α,β-unsaturated/α-hetero) is 1. The van der Waals surface area contributed by atoms with Crippen molar-refractivity contribution in [2.24, 2.45) is 0 Å². The fraction of sp³-hybridized carbons (Fsp3) is 0.143. The molecule has 5 rings (SSSR count). The molecular weight excluding hydrogens is 525 g/mol. The highest BCUT2D eigenvalue weighted by molar-refractivity contribution is 8.00. The standard InChI is InChI=1S/C28H22FN3O4S2/c1-16-7-9-17(10-8-16)23-22(24(33)18-11-13-20(36-2)14-12-18)25(34)26(35)32(23)27-30-31-28(38-27)37-15-19-5-3-4-6-21(19)29/h3-14,23,33H,15H2,1-2H3/b24-22-. The molecule has 0 bridgehead atoms. The Hall–Kier alpha value is -4.02. The summed E-state index contributed by atoms with van der Waals surface area (Å²) in [6, 6.07) is 19.5. The van der Waals surface area contributed by atoms with Gasteiger partial charge in [-0.15, -0.1) is 10.2 Å². The van der Waals surface area contributed by atoms with E-state index in [-0.39, 0.29) is 22.3 Å². The van der Waals surface area contributed by atoms with Gasteiger partial charge in [-0.1, -0.05) is 71.1 Å². The van der Waals surface area contributed by atoms with Gasteiger partial charge in [0.25, 0.3) is 5.78 Å². The first-order valence-corrected chi connectivity index (χ1v) is 13.4. The number of anilines is 1. The van der Waals surface area contributed by atoms with Crippen molar-refractivity contribution in [3.63, 3.8) is 0 Å². The molecule has 2 heterocycles. The number of hydrogen-bond acceptors (Lipinski definition) is 8. The average molecular weight is 548 g/mol. The third kappa shape index (κ3) is 4.92. The Bertz CT molecular complexity index is 1530. The highest BCUT2D eigenvalue weighted by atomic mass is 32.2. The molecule has 1 aliphatic rings. The normalized spacial score (nSPS) is 16.7. The number of carbonyl (C=O) groups is 2. The van der Waals surface area contributed by atoms with E-state index in [0.29, 0.717) is 32.5 Å². The monoisotopic (exact) mass is 547 g/mol. The molecule has 1 unspecified atom stereocenters. The lowest BCUT2D eigenvalue weighted by Gasteiger charge is -2.22. The first kappa shape index (κ1) is 25.6. The van der Waals surface area contributed by atoms with E-state index in [4.69, 9.17) is 4.74 Å². The van der Waals surface area contributed by atoms with Crippen molar-refractivity contribution < 1.29 is 23.8 Å². The Labute approximate surface area is 226 Å². The van der Waals surface area contributed by atoms with Gasteiger partial charge in [0.05, 0.1) is 18.7 Å². The van der Waals surface area contributed by atoms with Crippen LogP contribution < -0.4 is 9.64 Å². The summed E-state index contributed by atoms with van der Waals surface area (Å²) in [7, 11) is 1.53. The van der Waals surface area contributed by atoms with Crippen LogP contribution in [0, 0.1) is 12.7 Å². The van der Waals surface area contributed by atoms with Crippen molar-refractivity contribution in [3.05, 3.63) is 106 Å². The van der Waals surface area contributed by atoms with Crippen LogP contribution in [0.4, 0.5) is 9.52 Å². The molecule has 1 amide bonds. The lowest BCUT2D eigenvalue weighted by atomic mass is 9.95. The Morgan fingerprint density at radius 3 is 2.45 bits per heavy atom. The molecule has 3 aromatic carbocycles. The summed E-state index contributed by atoms with van der Waals surface area (Å²) in [5.41, 5.74) is 2.50. The van der Waals surface area contributed by atoms with E-state index in [1.807, 2.05) is 31.2 Å². The quantitative estimate of drug-likeness (QED) is 0.101. The molecule has 0 aliphatic carbocycles. The van der Waals surface area contributed by atoms with E-state index in [2.05, 4.69) is 10.2 Å². The largest absolute Gasteiger partial charge is 0.507 e. The molecule has 0 spiro atoms. The fourth-order valence-electron chi connectivity index (χ4n) is 4.11. The average Bonchev–Trinajstić information content (AvgIpc) is 3.50. The molecular formula is C28H22FN3O4S2. The Kier molecular flexibility index (Phi) is 7.26. The van der Waals surface area contributed by atoms with Gasteiger partial charge in [-0.2, -0.15) is 0 Å². The SMILES string of the molecule is COc1ccc(/C(O)=C2/C(=O)C(=O)N(c3nnc(SCc4ccccc4F)s3)C2c2ccc(C)cc2)cc1. The second kappa shape index (κ2) is 10.8. The van der Waals surface area contributed by atoms with E-state index in [1.54, 1.807) is 42.5 Å². The summed E-state index contributed by atoms with van der Waals surface area (Å²) in [6.45, 7) is 1.93. The minimum Gasteiger partial charge on any atom is -0.507 e. The van der Waals surface area contributed by atoms with Crippen LogP contribution in [0.15, 0.2) is 82.7 Å². The van der Waals surface area contributed by atoms with E-state index in [0.717, 1.165) is 16.9 Å². The minimum atomic E-state index is -0.907. The van der Waals surface area contributed by atoms with Gasteiger partial charge < -0.3 is 9.84 Å². The lowest BCUT2D eigenvalue weighted by molar-refractivity contribution is -0.132. The maximum Gasteiger partial charge on any atom is 0.301 e. The summed E-state index contributed by atoms with van der Waals surface area (Å²) < 4.78 is 19.7. The van der Waals surface area contributed by atoms with Crippen molar-refractivity contribution in [1.29, 1.82) is 0 Å². The second-order valence-corrected chi connectivity index (χ2v) is 10.7. The van der Waals surface area contributed by atoms with E-state index in [1.165, 1.54) is 29.8 Å². The van der Waals surface area contributed by atoms with Gasteiger partial charge in [0.15, 0.2) is 4.34 Å². The van der Waals surface area contributed by atoms with Gasteiger partial charge in [0.1, 0.15) is 17.3 Å². The zero-order chi connectivity index (χ0) is 26.8. The number of hydrogen-bond donors (Lipinski definition) is 1. The number of thioether (sulfide) groups is 1. The van der Waals surface area contributed by atoms with Crippen LogP contribution in [0.25, 0.3) is 5.76 Å². The molecule has 0 saturated carbocycles. The number of aliphatic hydroxyl groups excluding tert-OH is 1. The number of nitrogens with zero attached hydrogens (tertiary/aromatic N) is 3. The molecule has 1 N–H and O–H groups in total. The van der Waals surface area contributed by atoms with Crippen molar-refractivity contribution in [1.82, 2.24) is 10.2 Å². The number of aromatic nitrogens is 2. The van der Waals surface area contributed by atoms with Gasteiger partial charge in [-0.3, -0.25) is 14.5 Å². The molecule has 7 nitrogen and oxygen atoms in total. The number of rotatable bonds is 7. The topological polar surface area (TPSA) is 92.6 Å². The predicted octanol–water partition coefficient (Wildman–Crippen LogP) is 5.91. The van der Waals surface area contributed by atoms with Gasteiger partial charge in [0.2, 0.25) is 5.13 Å². The summed E-state index contributed by atoms with van der Waals surface area (Å²) in [5, 5.41) is 19.8. The highest BCUT2D eigenvalue weighted by Gasteiger charge is 2.48. The number of halogens is 1. The maximum absolute atomic E-state index is 14.0. The number of ketones is 1. The summed E-state index contributed by atoms with van der Waals surface area (Å²) in [4.78, 5) is 27.9. The highest BCUT2D eigenvalue weighted by Crippen LogP contribution is 2.44. The van der Waals surface area contributed by atoms with Crippen LogP contribution in [-0.2, 0) is 15.3 Å². The number of amides is 1. The maximum atomic E-state index is 14.0. The van der Waals surface area contributed by atoms with Gasteiger partial charge >= 0.3 is 5.91 Å². The Morgan fingerprint density at radius 1 is 1.05 bits per heavy atom. The molecule has 1 aromatic heterocycles. The first-order chi connectivity index (χ1) is 18.4. The third-order valence-corrected chi connectivity index (χ3v) is 8.22. The second-order valence-electron chi connectivity index (χ2n) is 8.54. The van der Waals surface area contributed by atoms with Crippen molar-refractivity contribution in [2.45, 2.75) is 23.1 Å². The number of benzene rings is 3. The summed E-state index contributed by atoms with van der Waals surface area (Å²) in [6.07, 6.45) is 0. The van der Waals surface area contributed by atoms with Crippen LogP contribution in [0.5, 0.6) is 5.75 Å². The zero-order valence-electron chi connectivity index (χ0n) is 20.4. The number of ether oxygens (including phenoxy) is 1. The number of aliphatic hydroxyl groups is 1. The molecule has 0 radical (unpaired) electrons. The number of methoxy groups -OCH3 is 1. The zero-order valence-corrected chi connectivity index (χ0v) is 22.1. The van der Waals surface area contributed by atoms with E-state index < -0.39 is 17.7 Å². The summed E-state index contributed by atoms with van der Waals surface area (Å²) >= 11 is 2.41. The molecule has 1 fully saturated rings. The molecule has 1 atom stereocenters. The van der Waals surface area contributed by atoms with Crippen molar-refractivity contribution in [3.8, 4) is 5.75 Å². The Morgan fingerprint density at radius 2 is 1.76 bits per heavy atom. The lowest BCUT2D eigenvalue weighted by Crippen LogP contribution is -2.29. The molecule has 192 valence electrons. The molecule has 1 saturated heterocycles. The van der Waals surface area contributed by atoms with Crippen LogP contribution in [-0.4, -0.2) is 34.1 Å². The third-order valence-electron chi connectivity index (χ3n) is 6.11. The smallest absolute Gasteiger partial charge is 0.301 e. The first-order valence-electron chi connectivity index (χ1n) is 11.6. The minimum absolute atomic E-state index is 0.0419. The molecule has 10 heteroatoms. The number of carbonyl (C=O) groups excluding carboxylic acids is 2. The van der Waals surface area contributed by atoms with E-state index >= 15 is 0 Å². The van der Waals surface area contributed by atoms with Gasteiger partial charge in [-0.05, 0) is 48.4 Å². The fourth-order valence-corrected chi connectivity index (χ4v) is 5.97. The van der Waals surface area contributed by atoms with Gasteiger partial charge in [0, 0.05) is 11.3 Å². The van der Waals surface area contributed by atoms with Gasteiger partial charge in [-0.25, -0.2) is 4.39 Å². The molecule has 4 aromatic rings. The summed E-state index contributed by atoms with van der Waals surface area (Å²) in [5.74, 6) is -1.32. The van der Waals surface area contributed by atoms with Crippen LogP contribution in [0.3, 0.4) is 0 Å². The molecule has 1 aliphatic heterocycles. The predicted molar refractivity (Wildman–Crippen MR) is 145 cm³/mol. The van der Waals surface area contributed by atoms with Crippen molar-refractivity contribution >= 4 is 45.7 Å². The van der Waals surface area contributed by atoms with Crippen LogP contribution in [0.2, 0.25) is 0 Å². The molecule has 38 heavy (non-hydrogen) atoms.